The summed E-state index contributed by atoms with van der Waals surface area (Å²) < 4.78 is 41.6. The number of rotatable bonds is 8. The van der Waals surface area contributed by atoms with Crippen molar-refractivity contribution >= 4 is 71.3 Å². The molecule has 2 aliphatic heterocycles. The largest absolute Gasteiger partial charge is 0.455 e. The minimum Gasteiger partial charge on any atom is -0.307 e. The van der Waals surface area contributed by atoms with Gasteiger partial charge in [0, 0.05) is 22.0 Å². The van der Waals surface area contributed by atoms with Gasteiger partial charge in [0.2, 0.25) is 0 Å². The average Bonchev–Trinajstić information content (AvgIpc) is 3.24. The first-order valence-corrected chi connectivity index (χ1v) is 15.7. The zero-order valence-corrected chi connectivity index (χ0v) is 21.5. The molecular weight excluding hydrogens is 482 g/mol. The molecule has 0 bridgehead atoms. The molecule has 0 aromatic carbocycles. The molecule has 2 N–H and O–H groups in total. The lowest BCUT2D eigenvalue weighted by molar-refractivity contribution is 0.221. The van der Waals surface area contributed by atoms with Crippen molar-refractivity contribution < 1.29 is 28.0 Å². The van der Waals surface area contributed by atoms with E-state index >= 15 is 0 Å². The molecule has 0 saturated carbocycles. The number of hydrogen-bond acceptors (Lipinski definition) is 8. The summed E-state index contributed by atoms with van der Waals surface area (Å²) >= 11 is 6.16. The molecule has 164 valence electrons. The SMILES string of the molecule is CCC1(CC)CS/C(=N\P(=O)(O)O)S1.CCOP(=O)(N=C1SCCS1)OCC. The molecule has 0 unspecified atom stereocenters. The zero-order chi connectivity index (χ0) is 21.3. The van der Waals surface area contributed by atoms with Gasteiger partial charge in [-0.2, -0.15) is 9.53 Å². The Hall–Kier alpha value is 1.04. The molecule has 2 heterocycles. The Labute approximate surface area is 184 Å². The third-order valence-electron chi connectivity index (χ3n) is 3.59. The lowest BCUT2D eigenvalue weighted by atomic mass is 10.1. The molecule has 0 spiro atoms. The van der Waals surface area contributed by atoms with Crippen LogP contribution in [0.2, 0.25) is 0 Å². The quantitative estimate of drug-likeness (QED) is 0.407. The van der Waals surface area contributed by atoms with E-state index in [0.29, 0.717) is 17.6 Å². The van der Waals surface area contributed by atoms with Crippen LogP contribution in [0.5, 0.6) is 0 Å². The third kappa shape index (κ3) is 9.90. The van der Waals surface area contributed by atoms with E-state index in [0.717, 1.165) is 34.5 Å². The van der Waals surface area contributed by atoms with Crippen molar-refractivity contribution in [1.29, 1.82) is 0 Å². The lowest BCUT2D eigenvalue weighted by Gasteiger charge is -2.22. The van der Waals surface area contributed by atoms with Crippen LogP contribution in [-0.2, 0) is 18.2 Å². The molecule has 28 heavy (non-hydrogen) atoms. The molecule has 0 radical (unpaired) electrons. The summed E-state index contributed by atoms with van der Waals surface area (Å²) in [7, 11) is -7.47. The fourth-order valence-electron chi connectivity index (χ4n) is 2.07. The predicted octanol–water partition coefficient (Wildman–Crippen LogP) is 5.48. The van der Waals surface area contributed by atoms with Crippen LogP contribution in [0, 0.1) is 0 Å². The van der Waals surface area contributed by atoms with E-state index in [1.165, 1.54) is 23.5 Å². The van der Waals surface area contributed by atoms with Crippen molar-refractivity contribution in [2.45, 2.75) is 45.3 Å². The Morgan fingerprint density at radius 3 is 1.86 bits per heavy atom. The molecule has 0 amide bonds. The Morgan fingerprint density at radius 2 is 1.46 bits per heavy atom. The Bertz CT molecular complexity index is 636. The first-order chi connectivity index (χ1) is 13.1. The second-order valence-corrected chi connectivity index (χ2v) is 13.5. The second-order valence-electron chi connectivity index (χ2n) is 5.53. The van der Waals surface area contributed by atoms with Gasteiger partial charge in [0.05, 0.1) is 13.2 Å². The van der Waals surface area contributed by atoms with Gasteiger partial charge in [-0.15, -0.1) is 0 Å². The van der Waals surface area contributed by atoms with Crippen LogP contribution >= 0.6 is 62.5 Å². The monoisotopic (exact) mass is 510 g/mol. The highest BCUT2D eigenvalue weighted by molar-refractivity contribution is 8.42. The van der Waals surface area contributed by atoms with Gasteiger partial charge in [-0.05, 0) is 26.7 Å². The van der Waals surface area contributed by atoms with Crippen molar-refractivity contribution in [1.82, 2.24) is 0 Å². The molecular formula is C14H28N2O6P2S4. The van der Waals surface area contributed by atoms with Crippen LogP contribution < -0.4 is 0 Å². The summed E-state index contributed by atoms with van der Waals surface area (Å²) in [6, 6.07) is 0. The van der Waals surface area contributed by atoms with Crippen LogP contribution in [0.15, 0.2) is 9.53 Å². The highest BCUT2D eigenvalue weighted by atomic mass is 32.2. The highest BCUT2D eigenvalue weighted by Gasteiger charge is 2.36. The third-order valence-corrected chi connectivity index (χ3v) is 11.9. The summed E-state index contributed by atoms with van der Waals surface area (Å²) in [4.78, 5) is 17.4. The molecule has 0 atom stereocenters. The summed E-state index contributed by atoms with van der Waals surface area (Å²) in [5.41, 5.74) is 0. The van der Waals surface area contributed by atoms with Crippen molar-refractivity contribution in [3.8, 4) is 0 Å². The molecule has 0 aromatic heterocycles. The highest BCUT2D eigenvalue weighted by Crippen LogP contribution is 2.52. The molecule has 0 aromatic rings. The number of thioether (sulfide) groups is 4. The van der Waals surface area contributed by atoms with Crippen molar-refractivity contribution in [3.63, 3.8) is 0 Å². The smallest absolute Gasteiger partial charge is 0.307 e. The first kappa shape index (κ1) is 27.1. The molecule has 2 saturated heterocycles. The Morgan fingerprint density at radius 1 is 0.929 bits per heavy atom. The maximum Gasteiger partial charge on any atom is 0.455 e. The topological polar surface area (TPSA) is 118 Å². The van der Waals surface area contributed by atoms with Gasteiger partial charge in [-0.3, -0.25) is 9.05 Å². The van der Waals surface area contributed by atoms with Crippen LogP contribution in [0.1, 0.15) is 40.5 Å². The van der Waals surface area contributed by atoms with E-state index in [1.54, 1.807) is 37.4 Å². The average molecular weight is 511 g/mol. The van der Waals surface area contributed by atoms with Gasteiger partial charge in [0.15, 0.2) is 0 Å². The number of nitrogens with zero attached hydrogens (tertiary/aromatic N) is 2. The maximum atomic E-state index is 11.9. The van der Waals surface area contributed by atoms with Crippen molar-refractivity contribution in [2.75, 3.05) is 30.5 Å². The lowest BCUT2D eigenvalue weighted by Crippen LogP contribution is -2.21. The summed E-state index contributed by atoms with van der Waals surface area (Å²) in [6.07, 6.45) is 2.00. The van der Waals surface area contributed by atoms with Gasteiger partial charge in [-0.25, -0.2) is 9.13 Å². The van der Waals surface area contributed by atoms with Crippen LogP contribution in [-0.4, -0.2) is 53.8 Å². The van der Waals surface area contributed by atoms with E-state index in [4.69, 9.17) is 18.8 Å². The van der Waals surface area contributed by atoms with E-state index in [2.05, 4.69) is 23.4 Å². The van der Waals surface area contributed by atoms with E-state index in [9.17, 15) is 9.13 Å². The van der Waals surface area contributed by atoms with Gasteiger partial charge in [0.1, 0.15) is 8.75 Å². The summed E-state index contributed by atoms with van der Waals surface area (Å²) in [5.74, 6) is 2.92. The zero-order valence-electron chi connectivity index (χ0n) is 16.4. The molecule has 14 heteroatoms. The summed E-state index contributed by atoms with van der Waals surface area (Å²) in [6.45, 7) is 8.45. The number of hydrogen-bond donors (Lipinski definition) is 2. The minimum absolute atomic E-state index is 0.124. The fraction of sp³-hybridized carbons (Fsp3) is 0.857. The van der Waals surface area contributed by atoms with E-state index in [-0.39, 0.29) is 4.75 Å². The Kier molecular flexibility index (Phi) is 12.4. The van der Waals surface area contributed by atoms with Crippen molar-refractivity contribution in [2.24, 2.45) is 9.53 Å². The molecule has 2 rings (SSSR count). The molecule has 8 nitrogen and oxygen atoms in total. The maximum absolute atomic E-state index is 11.9. The standard InChI is InChI=1S/2C7H14NO3PS2/c1-3-7(4-2)5-13-6(14-7)8-12(9,10)11;1-3-10-12(9,11-4-2)8-7-13-5-6-14-7/h3-5H2,1-2H3,(H2,9,10,11);3-6H2,1-2H3/b8-6+;. The van der Waals surface area contributed by atoms with Gasteiger partial charge >= 0.3 is 15.5 Å². The normalized spacial score (nSPS) is 20.9. The minimum atomic E-state index is -4.25. The molecule has 0 aliphatic carbocycles. The van der Waals surface area contributed by atoms with Gasteiger partial charge in [-0.1, -0.05) is 60.9 Å². The molecule has 2 fully saturated rings. The van der Waals surface area contributed by atoms with Crippen molar-refractivity contribution in [3.05, 3.63) is 0 Å². The van der Waals surface area contributed by atoms with Gasteiger partial charge < -0.3 is 9.79 Å². The summed E-state index contributed by atoms with van der Waals surface area (Å²) in [5, 5.41) is 0. The second kappa shape index (κ2) is 12.8. The van der Waals surface area contributed by atoms with Crippen LogP contribution in [0.4, 0.5) is 0 Å². The van der Waals surface area contributed by atoms with Crippen LogP contribution in [0.3, 0.4) is 0 Å². The van der Waals surface area contributed by atoms with E-state index in [1.807, 2.05) is 0 Å². The Balaban J connectivity index is 0.000000280. The van der Waals surface area contributed by atoms with Crippen LogP contribution in [0.25, 0.3) is 0 Å². The first-order valence-electron chi connectivity index (χ1n) is 8.83. The predicted molar refractivity (Wildman–Crippen MR) is 126 cm³/mol. The van der Waals surface area contributed by atoms with E-state index < -0.39 is 15.5 Å². The van der Waals surface area contributed by atoms with Gasteiger partial charge in [0.25, 0.3) is 0 Å². The fourth-order valence-corrected chi connectivity index (χ4v) is 10.1. The molecule has 2 aliphatic rings.